The molecule has 0 radical (unpaired) electrons. The van der Waals surface area contributed by atoms with Gasteiger partial charge in [-0.3, -0.25) is 0 Å². The van der Waals surface area contributed by atoms with Crippen LogP contribution in [0, 0.1) is 0 Å². The molecule has 0 fully saturated rings. The van der Waals surface area contributed by atoms with E-state index >= 15 is 0 Å². The third kappa shape index (κ3) is 3.86. The second-order valence-electron chi connectivity index (χ2n) is 4.00. The Labute approximate surface area is 108 Å². The first-order chi connectivity index (χ1) is 8.36. The van der Waals surface area contributed by atoms with Crippen molar-refractivity contribution in [2.45, 2.75) is 18.2 Å². The van der Waals surface area contributed by atoms with Crippen molar-refractivity contribution in [1.82, 2.24) is 0 Å². The third-order valence-electron chi connectivity index (χ3n) is 2.37. The summed E-state index contributed by atoms with van der Waals surface area (Å²) >= 11 is 0. The Hall–Kier alpha value is -1.31. The highest BCUT2D eigenvalue weighted by molar-refractivity contribution is 7.89. The average molecular weight is 273 g/mol. The van der Waals surface area contributed by atoms with Crippen molar-refractivity contribution in [2.75, 3.05) is 31.0 Å². The van der Waals surface area contributed by atoms with Gasteiger partial charge < -0.3 is 15.4 Å². The van der Waals surface area contributed by atoms with Gasteiger partial charge >= 0.3 is 0 Å². The van der Waals surface area contributed by atoms with Crippen molar-refractivity contribution in [3.8, 4) is 0 Å². The number of hydrogen-bond donors (Lipinski definition) is 2. The van der Waals surface area contributed by atoms with Gasteiger partial charge in [0, 0.05) is 13.7 Å². The summed E-state index contributed by atoms with van der Waals surface area (Å²) in [6.45, 7) is 3.08. The first-order valence-corrected chi connectivity index (χ1v) is 7.12. The predicted octanol–water partition coefficient (Wildman–Crippen LogP) is 0.736. The molecule has 1 aromatic rings. The molecule has 1 rings (SSSR count). The Balaban J connectivity index is 2.85. The van der Waals surface area contributed by atoms with Gasteiger partial charge in [-0.25, -0.2) is 13.6 Å². The smallest absolute Gasteiger partial charge is 0.238 e. The van der Waals surface area contributed by atoms with Gasteiger partial charge in [0.15, 0.2) is 0 Å². The van der Waals surface area contributed by atoms with Gasteiger partial charge in [-0.15, -0.1) is 0 Å². The Morgan fingerprint density at radius 3 is 2.56 bits per heavy atom. The van der Waals surface area contributed by atoms with E-state index in [1.54, 1.807) is 11.0 Å². The van der Waals surface area contributed by atoms with Crippen LogP contribution in [-0.4, -0.2) is 28.8 Å². The van der Waals surface area contributed by atoms with Crippen LogP contribution in [0.1, 0.15) is 13.3 Å². The molecule has 4 N–H and O–H groups in total. The minimum atomic E-state index is -3.72. The molecular weight excluding hydrogens is 254 g/mol. The first-order valence-electron chi connectivity index (χ1n) is 5.57. The van der Waals surface area contributed by atoms with E-state index in [0.717, 1.165) is 6.42 Å². The van der Waals surface area contributed by atoms with Crippen LogP contribution in [0.15, 0.2) is 23.1 Å². The lowest BCUT2D eigenvalue weighted by Gasteiger charge is -2.21. The molecule has 0 spiro atoms. The van der Waals surface area contributed by atoms with Crippen LogP contribution in [-0.2, 0) is 14.8 Å². The summed E-state index contributed by atoms with van der Waals surface area (Å²) in [6, 6.07) is 4.39. The molecule has 0 saturated carbocycles. The zero-order valence-electron chi connectivity index (χ0n) is 10.6. The molecule has 0 aliphatic heterocycles. The fraction of sp³-hybridized carbons (Fsp3) is 0.455. The van der Waals surface area contributed by atoms with E-state index < -0.39 is 10.0 Å². The van der Waals surface area contributed by atoms with Crippen LogP contribution >= 0.6 is 0 Å². The number of rotatable bonds is 6. The van der Waals surface area contributed by atoms with Crippen molar-refractivity contribution in [3.63, 3.8) is 0 Å². The first kappa shape index (κ1) is 14.7. The molecule has 1 aromatic carbocycles. The Kier molecular flexibility index (Phi) is 4.94. The zero-order valence-corrected chi connectivity index (χ0v) is 11.4. The number of ether oxygens (including phenoxy) is 1. The second-order valence-corrected chi connectivity index (χ2v) is 5.56. The molecule has 0 heterocycles. The lowest BCUT2D eigenvalue weighted by Crippen LogP contribution is -2.22. The minimum absolute atomic E-state index is 0.00614. The molecule has 18 heavy (non-hydrogen) atoms. The maximum absolute atomic E-state index is 11.2. The quantitative estimate of drug-likeness (QED) is 0.452. The highest BCUT2D eigenvalue weighted by Gasteiger charge is 2.12. The van der Waals surface area contributed by atoms with E-state index in [1.165, 1.54) is 12.1 Å². The van der Waals surface area contributed by atoms with Crippen LogP contribution in [0.25, 0.3) is 0 Å². The number of hydrogen-bond acceptors (Lipinski definition) is 5. The molecule has 6 nitrogen and oxygen atoms in total. The minimum Gasteiger partial charge on any atom is -0.397 e. The Bertz CT molecular complexity index is 502. The zero-order chi connectivity index (χ0) is 13.8. The van der Waals surface area contributed by atoms with E-state index in [1.807, 2.05) is 14.0 Å². The van der Waals surface area contributed by atoms with Crippen LogP contribution in [0.3, 0.4) is 0 Å². The Morgan fingerprint density at radius 1 is 1.39 bits per heavy atom. The summed E-state index contributed by atoms with van der Waals surface area (Å²) in [7, 11) is -1.90. The summed E-state index contributed by atoms with van der Waals surface area (Å²) < 4.78 is 27.7. The van der Waals surface area contributed by atoms with Gasteiger partial charge in [0.05, 0.1) is 16.3 Å². The molecule has 0 aliphatic carbocycles. The SMILES string of the molecule is CCCOCN(C)c1ccc(S(N)(=O)=O)cc1N. The van der Waals surface area contributed by atoms with Gasteiger partial charge in [-0.05, 0) is 24.6 Å². The number of nitrogen functional groups attached to an aromatic ring is 1. The van der Waals surface area contributed by atoms with Gasteiger partial charge in [0.25, 0.3) is 0 Å². The molecule has 0 saturated heterocycles. The van der Waals surface area contributed by atoms with Gasteiger partial charge in [0.1, 0.15) is 6.73 Å². The van der Waals surface area contributed by atoms with E-state index in [-0.39, 0.29) is 4.90 Å². The molecule has 102 valence electrons. The summed E-state index contributed by atoms with van der Waals surface area (Å²) in [6.07, 6.45) is 0.938. The van der Waals surface area contributed by atoms with Crippen LogP contribution in [0.5, 0.6) is 0 Å². The van der Waals surface area contributed by atoms with Crippen LogP contribution in [0.2, 0.25) is 0 Å². The van der Waals surface area contributed by atoms with Gasteiger partial charge in [0.2, 0.25) is 10.0 Å². The number of anilines is 2. The van der Waals surface area contributed by atoms with E-state index in [0.29, 0.717) is 24.7 Å². The number of primary sulfonamides is 1. The molecular formula is C11H19N3O3S. The normalized spacial score (nSPS) is 11.5. The number of benzene rings is 1. The molecule has 0 amide bonds. The highest BCUT2D eigenvalue weighted by Crippen LogP contribution is 2.24. The standard InChI is InChI=1S/C11H19N3O3S/c1-3-6-17-8-14(2)11-5-4-9(7-10(11)12)18(13,15)16/h4-5,7H,3,6,8,12H2,1-2H3,(H2,13,15,16). The largest absolute Gasteiger partial charge is 0.397 e. The molecule has 0 bridgehead atoms. The van der Waals surface area contributed by atoms with Gasteiger partial charge in [-0.1, -0.05) is 6.92 Å². The molecule has 0 atom stereocenters. The summed E-state index contributed by atoms with van der Waals surface area (Å²) in [5.74, 6) is 0. The van der Waals surface area contributed by atoms with Gasteiger partial charge in [-0.2, -0.15) is 0 Å². The summed E-state index contributed by atoms with van der Waals surface area (Å²) in [5, 5.41) is 5.03. The van der Waals surface area contributed by atoms with E-state index in [9.17, 15) is 8.42 Å². The maximum Gasteiger partial charge on any atom is 0.238 e. The van der Waals surface area contributed by atoms with E-state index in [4.69, 9.17) is 15.6 Å². The molecule has 0 aromatic heterocycles. The van der Waals surface area contributed by atoms with Crippen molar-refractivity contribution >= 4 is 21.4 Å². The lowest BCUT2D eigenvalue weighted by molar-refractivity contribution is 0.138. The van der Waals surface area contributed by atoms with Crippen molar-refractivity contribution in [2.24, 2.45) is 5.14 Å². The topological polar surface area (TPSA) is 98.6 Å². The predicted molar refractivity (Wildman–Crippen MR) is 71.7 cm³/mol. The molecule has 7 heteroatoms. The third-order valence-corrected chi connectivity index (χ3v) is 3.28. The summed E-state index contributed by atoms with van der Waals surface area (Å²) in [4.78, 5) is 1.81. The van der Waals surface area contributed by atoms with Crippen molar-refractivity contribution in [1.29, 1.82) is 0 Å². The lowest BCUT2D eigenvalue weighted by atomic mass is 10.2. The fourth-order valence-corrected chi connectivity index (χ4v) is 2.02. The van der Waals surface area contributed by atoms with Crippen LogP contribution in [0.4, 0.5) is 11.4 Å². The van der Waals surface area contributed by atoms with Crippen molar-refractivity contribution in [3.05, 3.63) is 18.2 Å². The van der Waals surface area contributed by atoms with Crippen molar-refractivity contribution < 1.29 is 13.2 Å². The Morgan fingerprint density at radius 2 is 2.06 bits per heavy atom. The molecule has 0 aliphatic rings. The van der Waals surface area contributed by atoms with Crippen LogP contribution < -0.4 is 15.8 Å². The monoisotopic (exact) mass is 273 g/mol. The number of nitrogens with zero attached hydrogens (tertiary/aromatic N) is 1. The number of nitrogens with two attached hydrogens (primary N) is 2. The maximum atomic E-state index is 11.2. The fourth-order valence-electron chi connectivity index (χ4n) is 1.47. The average Bonchev–Trinajstić information content (AvgIpc) is 2.27. The van der Waals surface area contributed by atoms with E-state index in [2.05, 4.69) is 0 Å². The second kappa shape index (κ2) is 6.03. The molecule has 0 unspecified atom stereocenters. The summed E-state index contributed by atoms with van der Waals surface area (Å²) in [5.41, 5.74) is 6.86. The number of sulfonamides is 1. The highest BCUT2D eigenvalue weighted by atomic mass is 32.2.